The number of nitrogens with two attached hydrogens (primary N) is 1. The van der Waals surface area contributed by atoms with E-state index >= 15 is 0 Å². The van der Waals surface area contributed by atoms with Gasteiger partial charge in [0.2, 0.25) is 0 Å². The van der Waals surface area contributed by atoms with Crippen LogP contribution in [0.2, 0.25) is 0 Å². The van der Waals surface area contributed by atoms with Gasteiger partial charge in [-0.15, -0.1) is 0 Å². The Labute approximate surface area is 97.2 Å². The van der Waals surface area contributed by atoms with Crippen LogP contribution < -0.4 is 5.73 Å². The summed E-state index contributed by atoms with van der Waals surface area (Å²) in [6.45, 7) is 5.61. The summed E-state index contributed by atoms with van der Waals surface area (Å²) < 4.78 is 5.32. The van der Waals surface area contributed by atoms with Crippen molar-refractivity contribution in [3.63, 3.8) is 0 Å². The molecule has 2 unspecified atom stereocenters. The first kappa shape index (κ1) is 13.5. The lowest BCUT2D eigenvalue weighted by Gasteiger charge is -2.38. The summed E-state index contributed by atoms with van der Waals surface area (Å²) >= 11 is 0. The van der Waals surface area contributed by atoms with E-state index in [0.29, 0.717) is 12.8 Å². The molecule has 0 bridgehead atoms. The van der Waals surface area contributed by atoms with Gasteiger partial charge in [0.15, 0.2) is 0 Å². The first-order chi connectivity index (χ1) is 7.28. The van der Waals surface area contributed by atoms with Gasteiger partial charge in [-0.25, -0.2) is 0 Å². The first-order valence-corrected chi connectivity index (χ1v) is 5.94. The lowest BCUT2D eigenvalue weighted by atomic mass is 9.75. The second-order valence-electron chi connectivity index (χ2n) is 5.64. The number of esters is 1. The Hall–Kier alpha value is -0.610. The Morgan fingerprint density at radius 2 is 2.12 bits per heavy atom. The maximum atomic E-state index is 12.0. The van der Waals surface area contributed by atoms with Crippen molar-refractivity contribution in [2.45, 2.75) is 57.7 Å². The molecule has 94 valence electrons. The second kappa shape index (κ2) is 4.72. The molecule has 0 aliphatic heterocycles. The van der Waals surface area contributed by atoms with Crippen molar-refractivity contribution < 1.29 is 14.6 Å². The number of aliphatic hydroxyl groups is 1. The van der Waals surface area contributed by atoms with Gasteiger partial charge in [0.1, 0.15) is 5.60 Å². The van der Waals surface area contributed by atoms with Gasteiger partial charge >= 0.3 is 5.97 Å². The van der Waals surface area contributed by atoms with Crippen LogP contribution in [-0.2, 0) is 9.53 Å². The third-order valence-electron chi connectivity index (χ3n) is 3.05. The van der Waals surface area contributed by atoms with Crippen molar-refractivity contribution in [2.24, 2.45) is 11.7 Å². The van der Waals surface area contributed by atoms with Gasteiger partial charge in [-0.3, -0.25) is 4.79 Å². The Morgan fingerprint density at radius 3 is 2.62 bits per heavy atom. The monoisotopic (exact) mass is 229 g/mol. The average Bonchev–Trinajstić information content (AvgIpc) is 2.15. The van der Waals surface area contributed by atoms with Gasteiger partial charge in [0.25, 0.3) is 0 Å². The fourth-order valence-electron chi connectivity index (χ4n) is 2.18. The fourth-order valence-corrected chi connectivity index (χ4v) is 2.18. The minimum Gasteiger partial charge on any atom is -0.460 e. The molecule has 1 aliphatic rings. The van der Waals surface area contributed by atoms with Gasteiger partial charge in [-0.05, 0) is 33.6 Å². The Bertz CT molecular complexity index is 259. The Kier molecular flexibility index (Phi) is 3.97. The average molecular weight is 229 g/mol. The van der Waals surface area contributed by atoms with Crippen molar-refractivity contribution >= 4 is 5.97 Å². The summed E-state index contributed by atoms with van der Waals surface area (Å²) in [5.41, 5.74) is 3.99. The molecular formula is C12H23NO3. The molecule has 1 aliphatic carbocycles. The SMILES string of the molecule is CC(C)(C)OC(=O)C1CCCCC1(O)CN. The number of rotatable bonds is 2. The molecule has 0 aromatic heterocycles. The van der Waals surface area contributed by atoms with E-state index in [-0.39, 0.29) is 12.5 Å². The molecule has 1 saturated carbocycles. The summed E-state index contributed by atoms with van der Waals surface area (Å²) in [4.78, 5) is 12.0. The number of hydrogen-bond acceptors (Lipinski definition) is 4. The van der Waals surface area contributed by atoms with Gasteiger partial charge in [0, 0.05) is 6.54 Å². The predicted molar refractivity (Wildman–Crippen MR) is 61.8 cm³/mol. The molecule has 0 amide bonds. The maximum absolute atomic E-state index is 12.0. The Balaban J connectivity index is 2.72. The zero-order chi connectivity index (χ0) is 12.4. The highest BCUT2D eigenvalue weighted by Gasteiger charge is 2.43. The summed E-state index contributed by atoms with van der Waals surface area (Å²) in [5.74, 6) is -0.786. The highest BCUT2D eigenvalue weighted by molar-refractivity contribution is 5.74. The van der Waals surface area contributed by atoms with E-state index in [1.165, 1.54) is 0 Å². The topological polar surface area (TPSA) is 72.5 Å². The van der Waals surface area contributed by atoms with E-state index in [2.05, 4.69) is 0 Å². The highest BCUT2D eigenvalue weighted by atomic mass is 16.6. The van der Waals surface area contributed by atoms with Crippen LogP contribution in [0.4, 0.5) is 0 Å². The highest BCUT2D eigenvalue weighted by Crippen LogP contribution is 2.34. The van der Waals surface area contributed by atoms with E-state index in [4.69, 9.17) is 10.5 Å². The predicted octanol–water partition coefficient (Wildman–Crippen LogP) is 1.21. The molecule has 1 fully saturated rings. The molecule has 0 radical (unpaired) electrons. The summed E-state index contributed by atoms with van der Waals surface area (Å²) in [5, 5.41) is 10.3. The molecular weight excluding hydrogens is 206 g/mol. The smallest absolute Gasteiger partial charge is 0.312 e. The molecule has 0 aromatic rings. The summed E-state index contributed by atoms with van der Waals surface area (Å²) in [6.07, 6.45) is 3.13. The van der Waals surface area contributed by atoms with Crippen LogP contribution >= 0.6 is 0 Å². The van der Waals surface area contributed by atoms with E-state index in [0.717, 1.165) is 12.8 Å². The van der Waals surface area contributed by atoms with Crippen LogP contribution in [0.5, 0.6) is 0 Å². The van der Waals surface area contributed by atoms with E-state index in [1.54, 1.807) is 0 Å². The van der Waals surface area contributed by atoms with Crippen LogP contribution in [0.3, 0.4) is 0 Å². The zero-order valence-electron chi connectivity index (χ0n) is 10.5. The number of carbonyl (C=O) groups excluding carboxylic acids is 1. The van der Waals surface area contributed by atoms with Crippen LogP contribution in [0, 0.1) is 5.92 Å². The second-order valence-corrected chi connectivity index (χ2v) is 5.64. The molecule has 2 atom stereocenters. The number of carbonyl (C=O) groups is 1. The standard InChI is InChI=1S/C12H23NO3/c1-11(2,3)16-10(14)9-6-4-5-7-12(9,15)8-13/h9,15H,4-8,13H2,1-3H3. The molecule has 16 heavy (non-hydrogen) atoms. The van der Waals surface area contributed by atoms with Gasteiger partial charge in [-0.1, -0.05) is 12.8 Å². The minimum absolute atomic E-state index is 0.122. The number of ether oxygens (including phenoxy) is 1. The summed E-state index contributed by atoms with van der Waals surface area (Å²) in [6, 6.07) is 0. The van der Waals surface area contributed by atoms with Crippen molar-refractivity contribution in [1.29, 1.82) is 0 Å². The third kappa shape index (κ3) is 3.19. The van der Waals surface area contributed by atoms with Crippen molar-refractivity contribution in [2.75, 3.05) is 6.54 Å². The third-order valence-corrected chi connectivity index (χ3v) is 3.05. The van der Waals surface area contributed by atoms with Crippen LogP contribution in [-0.4, -0.2) is 28.8 Å². The number of hydrogen-bond donors (Lipinski definition) is 2. The molecule has 1 rings (SSSR count). The molecule has 0 spiro atoms. The molecule has 0 aromatic carbocycles. The first-order valence-electron chi connectivity index (χ1n) is 5.94. The Morgan fingerprint density at radius 1 is 1.50 bits per heavy atom. The fraction of sp³-hybridized carbons (Fsp3) is 0.917. The largest absolute Gasteiger partial charge is 0.460 e. The molecule has 3 N–H and O–H groups in total. The van der Waals surface area contributed by atoms with Gasteiger partial charge < -0.3 is 15.6 Å². The molecule has 4 heteroatoms. The van der Waals surface area contributed by atoms with E-state index < -0.39 is 17.1 Å². The van der Waals surface area contributed by atoms with Gasteiger partial charge in [0.05, 0.1) is 11.5 Å². The van der Waals surface area contributed by atoms with E-state index in [9.17, 15) is 9.90 Å². The maximum Gasteiger partial charge on any atom is 0.312 e. The van der Waals surface area contributed by atoms with Crippen LogP contribution in [0.15, 0.2) is 0 Å². The molecule has 0 saturated heterocycles. The van der Waals surface area contributed by atoms with E-state index in [1.807, 2.05) is 20.8 Å². The molecule has 4 nitrogen and oxygen atoms in total. The lowest BCUT2D eigenvalue weighted by molar-refractivity contribution is -0.172. The quantitative estimate of drug-likeness (QED) is 0.698. The van der Waals surface area contributed by atoms with Crippen molar-refractivity contribution in [3.05, 3.63) is 0 Å². The van der Waals surface area contributed by atoms with Crippen molar-refractivity contribution in [1.82, 2.24) is 0 Å². The van der Waals surface area contributed by atoms with Crippen LogP contribution in [0.1, 0.15) is 46.5 Å². The normalized spacial score (nSPS) is 31.2. The van der Waals surface area contributed by atoms with Gasteiger partial charge in [-0.2, -0.15) is 0 Å². The van der Waals surface area contributed by atoms with Crippen molar-refractivity contribution in [3.8, 4) is 0 Å². The minimum atomic E-state index is -1.07. The summed E-state index contributed by atoms with van der Waals surface area (Å²) in [7, 11) is 0. The molecule has 0 heterocycles. The zero-order valence-corrected chi connectivity index (χ0v) is 10.5. The van der Waals surface area contributed by atoms with Crippen LogP contribution in [0.25, 0.3) is 0 Å². The lowest BCUT2D eigenvalue weighted by Crippen LogP contribution is -2.51.